The molecule has 6 nitrogen and oxygen atoms in total. The molecule has 3 heterocycles. The first kappa shape index (κ1) is 23.5. The lowest BCUT2D eigenvalue weighted by atomic mass is 10.00. The summed E-state index contributed by atoms with van der Waals surface area (Å²) >= 11 is 5.59. The summed E-state index contributed by atoms with van der Waals surface area (Å²) in [4.78, 5) is 14.5. The highest BCUT2D eigenvalue weighted by atomic mass is 32.1. The largest absolute Gasteiger partial charge is 0.362 e. The first-order chi connectivity index (χ1) is 17.2. The van der Waals surface area contributed by atoms with Crippen molar-refractivity contribution < 1.29 is 0 Å². The number of aromatic nitrogens is 2. The summed E-state index contributed by atoms with van der Waals surface area (Å²) in [6.45, 7) is 4.72. The Balaban J connectivity index is 1.26. The van der Waals surface area contributed by atoms with E-state index in [4.69, 9.17) is 22.2 Å². The van der Waals surface area contributed by atoms with Crippen LogP contribution < -0.4 is 20.4 Å². The first-order valence-corrected chi connectivity index (χ1v) is 13.2. The number of thiocarbonyl (C=S) groups is 1. The monoisotopic (exact) mass is 486 g/mol. The van der Waals surface area contributed by atoms with E-state index in [2.05, 4.69) is 81.1 Å². The van der Waals surface area contributed by atoms with Gasteiger partial charge >= 0.3 is 0 Å². The van der Waals surface area contributed by atoms with Crippen LogP contribution in [-0.2, 0) is 19.4 Å². The fourth-order valence-corrected chi connectivity index (χ4v) is 5.09. The van der Waals surface area contributed by atoms with Crippen LogP contribution in [0, 0.1) is 0 Å². The molecule has 1 fully saturated rings. The summed E-state index contributed by atoms with van der Waals surface area (Å²) in [5.41, 5.74) is 4.16. The van der Waals surface area contributed by atoms with Gasteiger partial charge in [0, 0.05) is 38.8 Å². The highest BCUT2D eigenvalue weighted by Gasteiger charge is 2.21. The van der Waals surface area contributed by atoms with Crippen LogP contribution in [0.5, 0.6) is 0 Å². The van der Waals surface area contributed by atoms with Crippen molar-refractivity contribution in [2.45, 2.75) is 45.1 Å². The minimum atomic E-state index is 0.572. The van der Waals surface area contributed by atoms with E-state index in [0.29, 0.717) is 11.1 Å². The van der Waals surface area contributed by atoms with Gasteiger partial charge in [-0.1, -0.05) is 54.6 Å². The Labute approximate surface area is 213 Å². The molecule has 7 heteroatoms. The van der Waals surface area contributed by atoms with E-state index in [-0.39, 0.29) is 0 Å². The van der Waals surface area contributed by atoms with E-state index in [1.165, 1.54) is 36.0 Å². The van der Waals surface area contributed by atoms with Gasteiger partial charge in [-0.15, -0.1) is 0 Å². The average molecular weight is 487 g/mol. The highest BCUT2D eigenvalue weighted by Crippen LogP contribution is 2.28. The minimum absolute atomic E-state index is 0.572. The number of hydrogen-bond donors (Lipinski definition) is 2. The van der Waals surface area contributed by atoms with E-state index in [1.54, 1.807) is 0 Å². The topological polar surface area (TPSA) is 56.3 Å². The van der Waals surface area contributed by atoms with Crippen LogP contribution >= 0.6 is 12.2 Å². The van der Waals surface area contributed by atoms with Gasteiger partial charge in [-0.25, -0.2) is 0 Å². The Hall–Kier alpha value is -3.19. The SMILES string of the molecule is S=C(NCCCc1ccccc1)Nc1nc(N2CCCCC2)cc(N2CCc3ccccc3C2)n1. The Bertz CT molecular complexity index is 1130. The van der Waals surface area contributed by atoms with Crippen LogP contribution in [0.4, 0.5) is 17.6 Å². The zero-order valence-corrected chi connectivity index (χ0v) is 21.1. The van der Waals surface area contributed by atoms with Crippen molar-refractivity contribution in [3.05, 3.63) is 77.4 Å². The van der Waals surface area contributed by atoms with Gasteiger partial charge < -0.3 is 20.4 Å². The second-order valence-corrected chi connectivity index (χ2v) is 9.77. The second kappa shape index (κ2) is 11.5. The Kier molecular flexibility index (Phi) is 7.73. The van der Waals surface area contributed by atoms with E-state index in [0.717, 1.165) is 63.6 Å². The van der Waals surface area contributed by atoms with Gasteiger partial charge in [0.05, 0.1) is 0 Å². The predicted molar refractivity (Wildman–Crippen MR) is 148 cm³/mol. The lowest BCUT2D eigenvalue weighted by Crippen LogP contribution is -2.34. The molecule has 0 amide bonds. The van der Waals surface area contributed by atoms with Crippen molar-refractivity contribution in [2.24, 2.45) is 0 Å². The molecule has 0 atom stereocenters. The Morgan fingerprint density at radius 2 is 1.54 bits per heavy atom. The van der Waals surface area contributed by atoms with Gasteiger partial charge in [0.25, 0.3) is 0 Å². The number of nitrogens with one attached hydrogen (secondary N) is 2. The summed E-state index contributed by atoms with van der Waals surface area (Å²) in [6.07, 6.45) is 6.78. The van der Waals surface area contributed by atoms with Crippen LogP contribution in [0.3, 0.4) is 0 Å². The van der Waals surface area contributed by atoms with Crippen molar-refractivity contribution in [2.75, 3.05) is 41.3 Å². The number of rotatable bonds is 7. The maximum absolute atomic E-state index is 5.59. The number of hydrogen-bond acceptors (Lipinski definition) is 5. The van der Waals surface area contributed by atoms with Gasteiger partial charge in [0.15, 0.2) is 5.11 Å². The molecule has 2 aromatic carbocycles. The number of benzene rings is 2. The Morgan fingerprint density at radius 3 is 2.34 bits per heavy atom. The number of fused-ring (bicyclic) bond motifs is 1. The molecule has 0 saturated carbocycles. The quantitative estimate of drug-likeness (QED) is 0.362. The molecule has 2 aliphatic heterocycles. The molecule has 0 radical (unpaired) electrons. The van der Waals surface area contributed by atoms with E-state index < -0.39 is 0 Å². The van der Waals surface area contributed by atoms with Gasteiger partial charge in [-0.05, 0) is 67.4 Å². The molecule has 1 aromatic heterocycles. The van der Waals surface area contributed by atoms with Gasteiger partial charge in [-0.2, -0.15) is 9.97 Å². The van der Waals surface area contributed by atoms with Crippen LogP contribution in [0.1, 0.15) is 42.4 Å². The van der Waals surface area contributed by atoms with Crippen molar-refractivity contribution >= 4 is 34.9 Å². The van der Waals surface area contributed by atoms with Crippen molar-refractivity contribution in [1.29, 1.82) is 0 Å². The highest BCUT2D eigenvalue weighted by molar-refractivity contribution is 7.80. The van der Waals surface area contributed by atoms with E-state index in [9.17, 15) is 0 Å². The smallest absolute Gasteiger partial charge is 0.232 e. The molecular weight excluding hydrogens is 452 g/mol. The maximum Gasteiger partial charge on any atom is 0.232 e. The fourth-order valence-electron chi connectivity index (χ4n) is 4.90. The summed E-state index contributed by atoms with van der Waals surface area (Å²) in [6, 6.07) is 21.4. The van der Waals surface area contributed by atoms with Crippen molar-refractivity contribution in [3.63, 3.8) is 0 Å². The zero-order chi connectivity index (χ0) is 23.9. The normalized spacial score (nSPS) is 15.4. The molecule has 0 aliphatic carbocycles. The number of nitrogens with zero attached hydrogens (tertiary/aromatic N) is 4. The average Bonchev–Trinajstić information content (AvgIpc) is 2.92. The molecule has 0 bridgehead atoms. The molecular formula is C28H34N6S. The molecule has 1 saturated heterocycles. The summed E-state index contributed by atoms with van der Waals surface area (Å²) in [7, 11) is 0. The Morgan fingerprint density at radius 1 is 0.829 bits per heavy atom. The lowest BCUT2D eigenvalue weighted by molar-refractivity contribution is 0.573. The molecule has 35 heavy (non-hydrogen) atoms. The molecule has 0 unspecified atom stereocenters. The van der Waals surface area contributed by atoms with E-state index >= 15 is 0 Å². The minimum Gasteiger partial charge on any atom is -0.362 e. The molecule has 182 valence electrons. The molecule has 2 N–H and O–H groups in total. The van der Waals surface area contributed by atoms with Crippen molar-refractivity contribution in [3.8, 4) is 0 Å². The third-order valence-corrected chi connectivity index (χ3v) is 7.08. The third kappa shape index (κ3) is 6.28. The first-order valence-electron chi connectivity index (χ1n) is 12.8. The summed E-state index contributed by atoms with van der Waals surface area (Å²) in [5.74, 6) is 2.52. The van der Waals surface area contributed by atoms with Crippen LogP contribution in [0.2, 0.25) is 0 Å². The number of anilines is 3. The number of aryl methyl sites for hydroxylation is 1. The lowest BCUT2D eigenvalue weighted by Gasteiger charge is -2.32. The summed E-state index contributed by atoms with van der Waals surface area (Å²) in [5, 5.41) is 7.16. The molecule has 0 spiro atoms. The molecule has 5 rings (SSSR count). The van der Waals surface area contributed by atoms with Gasteiger partial charge in [-0.3, -0.25) is 0 Å². The standard InChI is InChI=1S/C28H34N6S/c35-28(29-16-9-12-22-10-3-1-4-11-22)32-27-30-25(33-17-7-2-8-18-33)20-26(31-27)34-19-15-23-13-5-6-14-24(23)21-34/h1,3-6,10-11,13-14,20H,2,7-9,12,15-19,21H2,(H2,29,30,31,32,35). The number of piperidine rings is 1. The second-order valence-electron chi connectivity index (χ2n) is 9.37. The van der Waals surface area contributed by atoms with Gasteiger partial charge in [0.2, 0.25) is 5.95 Å². The zero-order valence-electron chi connectivity index (χ0n) is 20.2. The van der Waals surface area contributed by atoms with Crippen LogP contribution in [0.25, 0.3) is 0 Å². The molecule has 3 aromatic rings. The van der Waals surface area contributed by atoms with Crippen molar-refractivity contribution in [1.82, 2.24) is 15.3 Å². The van der Waals surface area contributed by atoms with Crippen LogP contribution in [0.15, 0.2) is 60.7 Å². The molecule has 2 aliphatic rings. The van der Waals surface area contributed by atoms with Crippen LogP contribution in [-0.4, -0.2) is 41.3 Å². The predicted octanol–water partition coefficient (Wildman–Crippen LogP) is 4.95. The maximum atomic E-state index is 5.59. The third-order valence-electron chi connectivity index (χ3n) is 6.83. The van der Waals surface area contributed by atoms with E-state index in [1.807, 2.05) is 0 Å². The summed E-state index contributed by atoms with van der Waals surface area (Å²) < 4.78 is 0. The van der Waals surface area contributed by atoms with Gasteiger partial charge in [0.1, 0.15) is 11.6 Å². The fraction of sp³-hybridized carbons (Fsp3) is 0.393.